The van der Waals surface area contributed by atoms with E-state index in [-0.39, 0.29) is 13.3 Å². The van der Waals surface area contributed by atoms with Crippen LogP contribution < -0.4 is 28.6 Å². The van der Waals surface area contributed by atoms with Crippen LogP contribution in [0.25, 0.3) is 0 Å². The summed E-state index contributed by atoms with van der Waals surface area (Å²) in [5.74, 6) is 1.62. The van der Waals surface area contributed by atoms with E-state index < -0.39 is 22.0 Å². The van der Waals surface area contributed by atoms with E-state index in [1.807, 2.05) is 0 Å². The number of anilines is 1. The molecule has 0 unspecified atom stereocenters. The first-order valence-electron chi connectivity index (χ1n) is 9.12. The number of rotatable bonds is 8. The number of hydrogen-bond donors (Lipinski definition) is 1. The zero-order valence-electron chi connectivity index (χ0n) is 17.2. The van der Waals surface area contributed by atoms with Gasteiger partial charge in [-0.2, -0.15) is 0 Å². The van der Waals surface area contributed by atoms with Crippen molar-refractivity contribution in [2.75, 3.05) is 31.6 Å². The number of carbonyl (C=O) groups excluding carboxylic acids is 1. The molecule has 2 aromatic carbocycles. The summed E-state index contributed by atoms with van der Waals surface area (Å²) in [5.41, 5.74) is 1.10. The van der Waals surface area contributed by atoms with Gasteiger partial charge in [0.15, 0.2) is 23.0 Å². The second kappa shape index (κ2) is 8.70. The lowest BCUT2D eigenvalue weighted by atomic mass is 10.2. The zero-order valence-corrected chi connectivity index (χ0v) is 18.0. The van der Waals surface area contributed by atoms with Crippen molar-refractivity contribution in [3.05, 3.63) is 42.0 Å². The molecule has 2 aromatic rings. The second-order valence-corrected chi connectivity index (χ2v) is 8.54. The number of nitrogens with zero attached hydrogens (tertiary/aromatic N) is 1. The molecule has 1 atom stereocenters. The molecule has 0 spiro atoms. The van der Waals surface area contributed by atoms with Crippen molar-refractivity contribution in [2.45, 2.75) is 19.5 Å². The average Bonchev–Trinajstić information content (AvgIpc) is 3.18. The van der Waals surface area contributed by atoms with Crippen LogP contribution in [0.2, 0.25) is 0 Å². The Morgan fingerprint density at radius 1 is 1.10 bits per heavy atom. The van der Waals surface area contributed by atoms with Crippen LogP contribution in [0.3, 0.4) is 0 Å². The quantitative estimate of drug-likeness (QED) is 0.674. The number of ether oxygens (including phenoxy) is 4. The van der Waals surface area contributed by atoms with Crippen molar-refractivity contribution in [3.63, 3.8) is 0 Å². The highest BCUT2D eigenvalue weighted by Gasteiger charge is 2.30. The highest BCUT2D eigenvalue weighted by Crippen LogP contribution is 2.34. The highest BCUT2D eigenvalue weighted by molar-refractivity contribution is 7.92. The van der Waals surface area contributed by atoms with Crippen LogP contribution in [-0.4, -0.2) is 47.6 Å². The summed E-state index contributed by atoms with van der Waals surface area (Å²) in [6.07, 6.45) is 1.05. The van der Waals surface area contributed by atoms with Gasteiger partial charge in [0.1, 0.15) is 6.04 Å². The van der Waals surface area contributed by atoms with Crippen LogP contribution >= 0.6 is 0 Å². The number of amides is 1. The minimum atomic E-state index is -3.76. The largest absolute Gasteiger partial charge is 0.493 e. The van der Waals surface area contributed by atoms with Gasteiger partial charge in [-0.3, -0.25) is 9.10 Å². The Labute approximate surface area is 175 Å². The van der Waals surface area contributed by atoms with Gasteiger partial charge in [0.05, 0.1) is 26.2 Å². The van der Waals surface area contributed by atoms with Gasteiger partial charge in [-0.25, -0.2) is 8.42 Å². The Kier molecular flexibility index (Phi) is 6.25. The van der Waals surface area contributed by atoms with Crippen LogP contribution in [0.1, 0.15) is 12.5 Å². The van der Waals surface area contributed by atoms with Gasteiger partial charge >= 0.3 is 0 Å². The van der Waals surface area contributed by atoms with E-state index >= 15 is 0 Å². The van der Waals surface area contributed by atoms with Crippen LogP contribution in [0.15, 0.2) is 36.4 Å². The number of carbonyl (C=O) groups is 1. The van der Waals surface area contributed by atoms with Gasteiger partial charge in [0.25, 0.3) is 0 Å². The Bertz CT molecular complexity index is 1040. The lowest BCUT2D eigenvalue weighted by Gasteiger charge is -2.28. The van der Waals surface area contributed by atoms with E-state index in [2.05, 4.69) is 5.32 Å². The van der Waals surface area contributed by atoms with Gasteiger partial charge in [-0.1, -0.05) is 6.07 Å². The van der Waals surface area contributed by atoms with Gasteiger partial charge in [0, 0.05) is 12.6 Å². The van der Waals surface area contributed by atoms with Gasteiger partial charge in [-0.05, 0) is 36.8 Å². The molecule has 1 aliphatic rings. The van der Waals surface area contributed by atoms with Crippen molar-refractivity contribution in [2.24, 2.45) is 0 Å². The highest BCUT2D eigenvalue weighted by atomic mass is 32.2. The molecule has 0 bridgehead atoms. The van der Waals surface area contributed by atoms with E-state index in [9.17, 15) is 13.2 Å². The number of hydrogen-bond acceptors (Lipinski definition) is 7. The molecule has 30 heavy (non-hydrogen) atoms. The average molecular weight is 436 g/mol. The fourth-order valence-corrected chi connectivity index (χ4v) is 4.33. The Balaban J connectivity index is 1.78. The molecule has 1 N–H and O–H groups in total. The van der Waals surface area contributed by atoms with Crippen molar-refractivity contribution >= 4 is 21.6 Å². The first-order chi connectivity index (χ1) is 14.2. The van der Waals surface area contributed by atoms with Crippen LogP contribution in [0, 0.1) is 0 Å². The minimum absolute atomic E-state index is 0.164. The summed E-state index contributed by atoms with van der Waals surface area (Å²) in [6, 6.07) is 9.01. The summed E-state index contributed by atoms with van der Waals surface area (Å²) < 4.78 is 47.0. The molecule has 1 heterocycles. The molecule has 0 aromatic heterocycles. The molecule has 3 rings (SSSR count). The SMILES string of the molecule is COc1ccc(N([C@H](C)C(=O)NCc2ccc3c(c2)OCO3)S(C)(=O)=O)cc1OC. The summed E-state index contributed by atoms with van der Waals surface area (Å²) >= 11 is 0. The normalized spacial score (nSPS) is 13.5. The van der Waals surface area contributed by atoms with Crippen LogP contribution in [0.5, 0.6) is 23.0 Å². The predicted molar refractivity (Wildman–Crippen MR) is 111 cm³/mol. The van der Waals surface area contributed by atoms with Crippen molar-refractivity contribution in [3.8, 4) is 23.0 Å². The Morgan fingerprint density at radius 2 is 1.80 bits per heavy atom. The number of methoxy groups -OCH3 is 2. The third-order valence-corrected chi connectivity index (χ3v) is 5.86. The monoisotopic (exact) mass is 436 g/mol. The Morgan fingerprint density at radius 3 is 2.47 bits per heavy atom. The third kappa shape index (κ3) is 4.54. The summed E-state index contributed by atoms with van der Waals surface area (Å²) in [4.78, 5) is 12.8. The van der Waals surface area contributed by atoms with E-state index in [1.54, 1.807) is 30.3 Å². The maximum atomic E-state index is 12.8. The lowest BCUT2D eigenvalue weighted by molar-refractivity contribution is -0.122. The first kappa shape index (κ1) is 21.6. The second-order valence-electron chi connectivity index (χ2n) is 6.68. The molecule has 0 aliphatic carbocycles. The van der Waals surface area contributed by atoms with Crippen molar-refractivity contribution in [1.82, 2.24) is 5.32 Å². The molecule has 0 saturated carbocycles. The smallest absolute Gasteiger partial charge is 0.243 e. The molecular formula is C20H24N2O7S. The molecule has 1 aliphatic heterocycles. The predicted octanol–water partition coefficient (Wildman–Crippen LogP) is 1.90. The van der Waals surface area contributed by atoms with E-state index in [0.29, 0.717) is 28.7 Å². The maximum absolute atomic E-state index is 12.8. The lowest BCUT2D eigenvalue weighted by Crippen LogP contribution is -2.47. The third-order valence-electron chi connectivity index (χ3n) is 4.61. The van der Waals surface area contributed by atoms with Crippen LogP contribution in [0.4, 0.5) is 5.69 Å². The minimum Gasteiger partial charge on any atom is -0.493 e. The summed E-state index contributed by atoms with van der Waals surface area (Å²) in [7, 11) is -0.822. The summed E-state index contributed by atoms with van der Waals surface area (Å²) in [5, 5.41) is 2.77. The number of benzene rings is 2. The molecule has 0 saturated heterocycles. The summed E-state index contributed by atoms with van der Waals surface area (Å²) in [6.45, 7) is 1.90. The fourth-order valence-electron chi connectivity index (χ4n) is 3.16. The molecule has 9 nitrogen and oxygen atoms in total. The molecule has 1 amide bonds. The molecule has 0 radical (unpaired) electrons. The topological polar surface area (TPSA) is 103 Å². The Hall–Kier alpha value is -3.14. The maximum Gasteiger partial charge on any atom is 0.243 e. The van der Waals surface area contributed by atoms with Crippen molar-refractivity contribution in [1.29, 1.82) is 0 Å². The van der Waals surface area contributed by atoms with E-state index in [0.717, 1.165) is 16.1 Å². The molecule has 0 fully saturated rings. The fraction of sp³-hybridized carbons (Fsp3) is 0.350. The number of sulfonamides is 1. The van der Waals surface area contributed by atoms with Gasteiger partial charge in [0.2, 0.25) is 22.7 Å². The number of nitrogens with one attached hydrogen (secondary N) is 1. The van der Waals surface area contributed by atoms with E-state index in [1.165, 1.54) is 27.2 Å². The molecular weight excluding hydrogens is 412 g/mol. The molecule has 10 heteroatoms. The molecule has 162 valence electrons. The van der Waals surface area contributed by atoms with Gasteiger partial charge < -0.3 is 24.3 Å². The zero-order chi connectivity index (χ0) is 21.9. The van der Waals surface area contributed by atoms with Gasteiger partial charge in [-0.15, -0.1) is 0 Å². The standard InChI is InChI=1S/C20H24N2O7S/c1-13(20(23)21-11-14-5-7-17-19(9-14)29-12-28-17)22(30(4,24)25)15-6-8-16(26-2)18(10-15)27-3/h5-10,13H,11-12H2,1-4H3,(H,21,23)/t13-/m1/s1. The van der Waals surface area contributed by atoms with Crippen molar-refractivity contribution < 1.29 is 32.2 Å². The van der Waals surface area contributed by atoms with E-state index in [4.69, 9.17) is 18.9 Å². The first-order valence-corrected chi connectivity index (χ1v) is 11.0. The van der Waals surface area contributed by atoms with Crippen LogP contribution in [-0.2, 0) is 21.4 Å². The number of fused-ring (bicyclic) bond motifs is 1.